The van der Waals surface area contributed by atoms with Crippen LogP contribution < -0.4 is 10.5 Å². The molecule has 0 saturated carbocycles. The quantitative estimate of drug-likeness (QED) is 0.771. The summed E-state index contributed by atoms with van der Waals surface area (Å²) in [5.74, 6) is -2.20. The lowest BCUT2D eigenvalue weighted by atomic mass is 10.0. The van der Waals surface area contributed by atoms with Crippen molar-refractivity contribution in [1.29, 1.82) is 0 Å². The predicted octanol–water partition coefficient (Wildman–Crippen LogP) is 1.77. The van der Waals surface area contributed by atoms with Gasteiger partial charge in [-0.15, -0.1) is 13.2 Å². The maximum absolute atomic E-state index is 12.0. The van der Waals surface area contributed by atoms with Gasteiger partial charge in [0, 0.05) is 11.6 Å². The molecular formula is C10H10F3NO4. The number of carbonyl (C=O) groups is 1. The molecule has 0 aliphatic carbocycles. The van der Waals surface area contributed by atoms with E-state index in [1.165, 1.54) is 0 Å². The Morgan fingerprint density at radius 1 is 1.44 bits per heavy atom. The number of hydrogen-bond donors (Lipinski definition) is 3. The Morgan fingerprint density at radius 2 is 2.06 bits per heavy atom. The number of alkyl halides is 3. The van der Waals surface area contributed by atoms with Crippen molar-refractivity contribution in [2.24, 2.45) is 5.73 Å². The van der Waals surface area contributed by atoms with Crippen LogP contribution in [0, 0.1) is 0 Å². The van der Waals surface area contributed by atoms with Gasteiger partial charge in [0.05, 0.1) is 6.42 Å². The number of phenols is 1. The minimum Gasteiger partial charge on any atom is -0.508 e. The van der Waals surface area contributed by atoms with Crippen molar-refractivity contribution in [2.75, 3.05) is 0 Å². The van der Waals surface area contributed by atoms with Gasteiger partial charge in [-0.05, 0) is 18.2 Å². The van der Waals surface area contributed by atoms with Crippen molar-refractivity contribution in [1.82, 2.24) is 0 Å². The molecule has 8 heteroatoms. The molecule has 1 unspecified atom stereocenters. The lowest BCUT2D eigenvalue weighted by molar-refractivity contribution is -0.274. The van der Waals surface area contributed by atoms with Gasteiger partial charge in [0.1, 0.15) is 11.5 Å². The second-order valence-corrected chi connectivity index (χ2v) is 3.47. The molecule has 0 amide bonds. The molecule has 18 heavy (non-hydrogen) atoms. The number of nitrogens with two attached hydrogens (primary N) is 1. The van der Waals surface area contributed by atoms with Crippen LogP contribution in [0.25, 0.3) is 0 Å². The van der Waals surface area contributed by atoms with Crippen LogP contribution in [0.5, 0.6) is 11.5 Å². The third-order valence-corrected chi connectivity index (χ3v) is 2.03. The zero-order valence-corrected chi connectivity index (χ0v) is 8.94. The molecule has 0 bridgehead atoms. The molecule has 0 heterocycles. The fourth-order valence-electron chi connectivity index (χ4n) is 1.32. The molecule has 100 valence electrons. The van der Waals surface area contributed by atoms with E-state index < -0.39 is 36.3 Å². The van der Waals surface area contributed by atoms with Gasteiger partial charge in [0.15, 0.2) is 0 Å². The van der Waals surface area contributed by atoms with Crippen LogP contribution in [0.2, 0.25) is 0 Å². The highest BCUT2D eigenvalue weighted by molar-refractivity contribution is 5.68. The maximum atomic E-state index is 12.0. The topological polar surface area (TPSA) is 92.8 Å². The summed E-state index contributed by atoms with van der Waals surface area (Å²) in [5.41, 5.74) is 5.33. The van der Waals surface area contributed by atoms with Crippen molar-refractivity contribution in [3.8, 4) is 11.5 Å². The van der Waals surface area contributed by atoms with E-state index in [1.54, 1.807) is 0 Å². The van der Waals surface area contributed by atoms with E-state index in [9.17, 15) is 23.1 Å². The molecule has 1 aromatic rings. The molecule has 0 aromatic heterocycles. The van der Waals surface area contributed by atoms with Crippen LogP contribution in [0.4, 0.5) is 13.2 Å². The molecule has 0 radical (unpaired) electrons. The van der Waals surface area contributed by atoms with Gasteiger partial charge >= 0.3 is 12.3 Å². The smallest absolute Gasteiger partial charge is 0.508 e. The van der Waals surface area contributed by atoms with E-state index >= 15 is 0 Å². The molecule has 5 nitrogen and oxygen atoms in total. The van der Waals surface area contributed by atoms with E-state index in [4.69, 9.17) is 10.8 Å². The van der Waals surface area contributed by atoms with Crippen LogP contribution in [0.3, 0.4) is 0 Å². The highest BCUT2D eigenvalue weighted by atomic mass is 19.4. The number of carboxylic acid groups (broad SMARTS) is 1. The van der Waals surface area contributed by atoms with Gasteiger partial charge in [-0.3, -0.25) is 4.79 Å². The fourth-order valence-corrected chi connectivity index (χ4v) is 1.32. The Morgan fingerprint density at radius 3 is 2.56 bits per heavy atom. The number of halogens is 3. The number of aliphatic carboxylic acids is 1. The van der Waals surface area contributed by atoms with Crippen molar-refractivity contribution in [2.45, 2.75) is 18.8 Å². The lowest BCUT2D eigenvalue weighted by Crippen LogP contribution is -2.18. The van der Waals surface area contributed by atoms with E-state index in [0.29, 0.717) is 0 Å². The molecule has 1 atom stereocenters. The first kappa shape index (κ1) is 14.1. The fraction of sp³-hybridized carbons (Fsp3) is 0.300. The third-order valence-electron chi connectivity index (χ3n) is 2.03. The van der Waals surface area contributed by atoms with Gasteiger partial charge in [0.2, 0.25) is 0 Å². The molecule has 4 N–H and O–H groups in total. The Hall–Kier alpha value is -1.96. The van der Waals surface area contributed by atoms with Gasteiger partial charge in [-0.1, -0.05) is 0 Å². The number of carboxylic acids is 1. The summed E-state index contributed by atoms with van der Waals surface area (Å²) in [6.45, 7) is 0. The van der Waals surface area contributed by atoms with E-state index in [0.717, 1.165) is 18.2 Å². The average Bonchev–Trinajstić information content (AvgIpc) is 2.17. The number of ether oxygens (including phenoxy) is 1. The van der Waals surface area contributed by atoms with Crippen LogP contribution in [-0.2, 0) is 4.79 Å². The largest absolute Gasteiger partial charge is 0.573 e. The molecule has 0 fully saturated rings. The monoisotopic (exact) mass is 265 g/mol. The summed E-state index contributed by atoms with van der Waals surface area (Å²) in [5, 5.41) is 17.9. The predicted molar refractivity (Wildman–Crippen MR) is 54.0 cm³/mol. The van der Waals surface area contributed by atoms with Gasteiger partial charge in [0.25, 0.3) is 0 Å². The average molecular weight is 265 g/mol. The van der Waals surface area contributed by atoms with E-state index in [1.807, 2.05) is 0 Å². The summed E-state index contributed by atoms with van der Waals surface area (Å²) in [4.78, 5) is 10.4. The number of hydrogen-bond acceptors (Lipinski definition) is 4. The molecule has 1 aromatic carbocycles. The van der Waals surface area contributed by atoms with Crippen LogP contribution >= 0.6 is 0 Å². The zero-order valence-electron chi connectivity index (χ0n) is 8.94. The molecule has 0 aliphatic heterocycles. The first-order valence-corrected chi connectivity index (χ1v) is 4.75. The summed E-state index contributed by atoms with van der Waals surface area (Å²) in [7, 11) is 0. The minimum absolute atomic E-state index is 0.126. The number of phenolic OH excluding ortho intramolecular Hbond substituents is 1. The van der Waals surface area contributed by atoms with Gasteiger partial charge in [-0.25, -0.2) is 0 Å². The van der Waals surface area contributed by atoms with Crippen molar-refractivity contribution < 1.29 is 32.9 Å². The first-order chi connectivity index (χ1) is 8.19. The lowest BCUT2D eigenvalue weighted by Gasteiger charge is -2.14. The summed E-state index contributed by atoms with van der Waals surface area (Å²) < 4.78 is 39.6. The Labute approximate surface area is 99.6 Å². The minimum atomic E-state index is -4.87. The van der Waals surface area contributed by atoms with Gasteiger partial charge in [-0.2, -0.15) is 0 Å². The van der Waals surface area contributed by atoms with Crippen LogP contribution in [0.15, 0.2) is 18.2 Å². The molecule has 0 aliphatic rings. The van der Waals surface area contributed by atoms with E-state index in [-0.39, 0.29) is 5.56 Å². The molecule has 0 saturated heterocycles. The van der Waals surface area contributed by atoms with Crippen LogP contribution in [-0.4, -0.2) is 22.5 Å². The first-order valence-electron chi connectivity index (χ1n) is 4.75. The normalized spacial score (nSPS) is 13.1. The number of rotatable bonds is 4. The SMILES string of the molecule is NC(CC(=O)O)c1cc(OC(F)(F)F)ccc1O. The standard InChI is InChI=1S/C10H10F3NO4/c11-10(12,13)18-5-1-2-8(15)6(3-5)7(14)4-9(16)17/h1-3,7,15H,4,14H2,(H,16,17). The summed E-state index contributed by atoms with van der Waals surface area (Å²) >= 11 is 0. The molecule has 0 spiro atoms. The Bertz CT molecular complexity index is 447. The van der Waals surface area contributed by atoms with Crippen molar-refractivity contribution in [3.05, 3.63) is 23.8 Å². The van der Waals surface area contributed by atoms with Crippen molar-refractivity contribution in [3.63, 3.8) is 0 Å². The molecule has 1 rings (SSSR count). The zero-order chi connectivity index (χ0) is 13.9. The second-order valence-electron chi connectivity index (χ2n) is 3.47. The summed E-state index contributed by atoms with van der Waals surface area (Å²) in [6, 6.07) is 1.59. The Balaban J connectivity index is 2.97. The highest BCUT2D eigenvalue weighted by Gasteiger charge is 2.31. The molecular weight excluding hydrogens is 255 g/mol. The van der Waals surface area contributed by atoms with Crippen molar-refractivity contribution >= 4 is 5.97 Å². The van der Waals surface area contributed by atoms with Gasteiger partial charge < -0.3 is 20.7 Å². The third kappa shape index (κ3) is 4.13. The Kier molecular flexibility index (Phi) is 4.02. The maximum Gasteiger partial charge on any atom is 0.573 e. The highest BCUT2D eigenvalue weighted by Crippen LogP contribution is 2.31. The van der Waals surface area contributed by atoms with Crippen LogP contribution in [0.1, 0.15) is 18.0 Å². The second kappa shape index (κ2) is 5.13. The number of aromatic hydroxyl groups is 1. The summed E-state index contributed by atoms with van der Waals surface area (Å²) in [6.07, 6.45) is -5.39. The number of benzene rings is 1. The van der Waals surface area contributed by atoms with E-state index in [2.05, 4.69) is 4.74 Å².